The van der Waals surface area contributed by atoms with E-state index in [1.807, 2.05) is 11.8 Å². The van der Waals surface area contributed by atoms with Crippen molar-refractivity contribution in [3.8, 4) is 0 Å². The number of hydrogen-bond donors (Lipinski definition) is 2. The molecule has 18 heavy (non-hydrogen) atoms. The second kappa shape index (κ2) is 5.31. The predicted octanol–water partition coefficient (Wildman–Crippen LogP) is 1.90. The average Bonchev–Trinajstić information content (AvgIpc) is 2.37. The molecule has 0 radical (unpaired) electrons. The Morgan fingerprint density at radius 1 is 1.56 bits per heavy atom. The van der Waals surface area contributed by atoms with Crippen LogP contribution in [0.4, 0.5) is 4.79 Å². The summed E-state index contributed by atoms with van der Waals surface area (Å²) in [5.41, 5.74) is -0.515. The molecule has 0 aromatic heterocycles. The lowest BCUT2D eigenvalue weighted by atomic mass is 9.71. The zero-order valence-corrected chi connectivity index (χ0v) is 11.2. The molecule has 2 fully saturated rings. The van der Waals surface area contributed by atoms with Crippen LogP contribution in [0.3, 0.4) is 0 Å². The number of carbonyl (C=O) groups is 1. The molecule has 0 aromatic carbocycles. The van der Waals surface area contributed by atoms with Gasteiger partial charge in [0.15, 0.2) is 0 Å². The molecule has 2 aliphatic rings. The molecule has 1 saturated carbocycles. The Morgan fingerprint density at radius 2 is 2.33 bits per heavy atom. The van der Waals surface area contributed by atoms with Gasteiger partial charge < -0.3 is 15.3 Å². The number of hydrogen-bond acceptors (Lipinski definition) is 2. The van der Waals surface area contributed by atoms with Crippen molar-refractivity contribution in [2.24, 2.45) is 5.92 Å². The van der Waals surface area contributed by atoms with Gasteiger partial charge in [-0.2, -0.15) is 0 Å². The van der Waals surface area contributed by atoms with E-state index in [1.54, 1.807) is 6.08 Å². The van der Waals surface area contributed by atoms with Crippen LogP contribution in [0.25, 0.3) is 0 Å². The lowest BCUT2D eigenvalue weighted by Gasteiger charge is -2.47. The Kier molecular flexibility index (Phi) is 3.95. The summed E-state index contributed by atoms with van der Waals surface area (Å²) < 4.78 is 0. The van der Waals surface area contributed by atoms with E-state index in [9.17, 15) is 9.90 Å². The zero-order chi connectivity index (χ0) is 13.2. The Hall–Kier alpha value is -1.03. The Balaban J connectivity index is 1.93. The Labute approximate surface area is 109 Å². The van der Waals surface area contributed by atoms with E-state index in [0.717, 1.165) is 19.3 Å². The van der Waals surface area contributed by atoms with E-state index in [4.69, 9.17) is 0 Å². The van der Waals surface area contributed by atoms with Gasteiger partial charge in [0.25, 0.3) is 0 Å². The first-order chi connectivity index (χ1) is 8.55. The minimum absolute atomic E-state index is 0.00957. The topological polar surface area (TPSA) is 52.6 Å². The molecule has 2 N–H and O–H groups in total. The zero-order valence-electron chi connectivity index (χ0n) is 11.2. The summed E-state index contributed by atoms with van der Waals surface area (Å²) in [7, 11) is 0. The van der Waals surface area contributed by atoms with Crippen molar-refractivity contribution in [2.45, 2.75) is 50.7 Å². The molecule has 3 unspecified atom stereocenters. The first-order valence-corrected chi connectivity index (χ1v) is 6.95. The fourth-order valence-corrected chi connectivity index (χ4v) is 3.10. The van der Waals surface area contributed by atoms with E-state index in [2.05, 4.69) is 11.9 Å². The van der Waals surface area contributed by atoms with Crippen LogP contribution < -0.4 is 5.32 Å². The van der Waals surface area contributed by atoms with Crippen LogP contribution in [-0.2, 0) is 0 Å². The summed E-state index contributed by atoms with van der Waals surface area (Å²) >= 11 is 0. The second-order valence-corrected chi connectivity index (χ2v) is 5.72. The van der Waals surface area contributed by atoms with E-state index in [1.165, 1.54) is 6.42 Å². The molecule has 1 aliphatic carbocycles. The summed E-state index contributed by atoms with van der Waals surface area (Å²) in [6.45, 7) is 6.91. The lowest BCUT2D eigenvalue weighted by molar-refractivity contribution is -0.0871. The van der Waals surface area contributed by atoms with Gasteiger partial charge in [0, 0.05) is 25.0 Å². The maximum absolute atomic E-state index is 12.0. The highest BCUT2D eigenvalue weighted by atomic mass is 16.3. The molecule has 2 amide bonds. The average molecular weight is 252 g/mol. The van der Waals surface area contributed by atoms with E-state index >= 15 is 0 Å². The molecule has 1 saturated heterocycles. The van der Waals surface area contributed by atoms with Gasteiger partial charge in [-0.05, 0) is 26.2 Å². The predicted molar refractivity (Wildman–Crippen MR) is 71.3 cm³/mol. The largest absolute Gasteiger partial charge is 0.389 e. The minimum atomic E-state index is -0.515. The van der Waals surface area contributed by atoms with Crippen LogP contribution in [0.2, 0.25) is 0 Å². The van der Waals surface area contributed by atoms with Crippen LogP contribution >= 0.6 is 0 Å². The van der Waals surface area contributed by atoms with Gasteiger partial charge in [-0.3, -0.25) is 0 Å². The van der Waals surface area contributed by atoms with Crippen LogP contribution in [0.1, 0.15) is 39.0 Å². The molecule has 1 heterocycles. The highest BCUT2D eigenvalue weighted by molar-refractivity contribution is 5.74. The normalized spacial score (nSPS) is 33.4. The van der Waals surface area contributed by atoms with Crippen molar-refractivity contribution in [3.05, 3.63) is 12.7 Å². The van der Waals surface area contributed by atoms with E-state index < -0.39 is 5.60 Å². The summed E-state index contributed by atoms with van der Waals surface area (Å²) in [5, 5.41) is 13.4. The number of amides is 2. The molecule has 2 rings (SSSR count). The maximum Gasteiger partial charge on any atom is 0.317 e. The third kappa shape index (κ3) is 2.69. The first kappa shape index (κ1) is 13.4. The van der Waals surface area contributed by atoms with Crippen molar-refractivity contribution in [1.82, 2.24) is 10.2 Å². The van der Waals surface area contributed by atoms with Crippen LogP contribution in [0.5, 0.6) is 0 Å². The van der Waals surface area contributed by atoms with Gasteiger partial charge in [-0.1, -0.05) is 18.9 Å². The number of carbonyl (C=O) groups excluding carboxylic acids is 1. The van der Waals surface area contributed by atoms with Crippen LogP contribution in [-0.4, -0.2) is 40.8 Å². The van der Waals surface area contributed by atoms with Crippen molar-refractivity contribution in [2.75, 3.05) is 13.1 Å². The number of rotatable bonds is 2. The van der Waals surface area contributed by atoms with Gasteiger partial charge in [-0.15, -0.1) is 6.58 Å². The quantitative estimate of drug-likeness (QED) is 0.737. The highest BCUT2D eigenvalue weighted by Gasteiger charge is 2.43. The number of likely N-dealkylation sites (tertiary alicyclic amines) is 1. The summed E-state index contributed by atoms with van der Waals surface area (Å²) in [6.07, 6.45) is 6.66. The number of aliphatic hydroxyl groups is 1. The number of nitrogens with one attached hydrogen (secondary N) is 1. The number of urea groups is 1. The smallest absolute Gasteiger partial charge is 0.317 e. The molecule has 0 bridgehead atoms. The standard InChI is InChI=1S/C14H24N2O2/c1-3-11(2)15-13(17)16-9-8-14(18)7-5-4-6-12(14)10-16/h3,11-12,18H,1,4-10H2,2H3,(H,15,17). The third-order valence-electron chi connectivity index (χ3n) is 4.42. The van der Waals surface area contributed by atoms with Crippen molar-refractivity contribution >= 4 is 6.03 Å². The highest BCUT2D eigenvalue weighted by Crippen LogP contribution is 2.39. The van der Waals surface area contributed by atoms with Gasteiger partial charge in [0.1, 0.15) is 0 Å². The number of fused-ring (bicyclic) bond motifs is 1. The summed E-state index contributed by atoms with van der Waals surface area (Å²) in [6, 6.07) is -0.0420. The van der Waals surface area contributed by atoms with Gasteiger partial charge in [0.05, 0.1) is 5.60 Å². The molecule has 4 heteroatoms. The molecular weight excluding hydrogens is 228 g/mol. The molecule has 0 spiro atoms. The lowest BCUT2D eigenvalue weighted by Crippen LogP contribution is -2.57. The molecule has 1 aliphatic heterocycles. The van der Waals surface area contributed by atoms with E-state index in [-0.39, 0.29) is 18.0 Å². The number of nitrogens with zero attached hydrogens (tertiary/aromatic N) is 1. The fraction of sp³-hybridized carbons (Fsp3) is 0.786. The molecule has 0 aromatic rings. The SMILES string of the molecule is C=CC(C)NC(=O)N1CCC2(O)CCCCC2C1. The summed E-state index contributed by atoms with van der Waals surface area (Å²) in [5.74, 6) is 0.254. The third-order valence-corrected chi connectivity index (χ3v) is 4.42. The minimum Gasteiger partial charge on any atom is -0.389 e. The maximum atomic E-state index is 12.0. The molecule has 3 atom stereocenters. The summed E-state index contributed by atoms with van der Waals surface area (Å²) in [4.78, 5) is 13.9. The van der Waals surface area contributed by atoms with Gasteiger partial charge in [0.2, 0.25) is 0 Å². The van der Waals surface area contributed by atoms with Gasteiger partial charge in [-0.25, -0.2) is 4.79 Å². The van der Waals surface area contributed by atoms with Crippen LogP contribution in [0, 0.1) is 5.92 Å². The van der Waals surface area contributed by atoms with Gasteiger partial charge >= 0.3 is 6.03 Å². The Bertz CT molecular complexity index is 332. The van der Waals surface area contributed by atoms with Crippen molar-refractivity contribution < 1.29 is 9.90 Å². The van der Waals surface area contributed by atoms with Crippen LogP contribution in [0.15, 0.2) is 12.7 Å². The number of piperidine rings is 1. The molecule has 102 valence electrons. The second-order valence-electron chi connectivity index (χ2n) is 5.72. The van der Waals surface area contributed by atoms with E-state index in [0.29, 0.717) is 19.5 Å². The Morgan fingerprint density at radius 3 is 3.06 bits per heavy atom. The van der Waals surface area contributed by atoms with Crippen molar-refractivity contribution in [3.63, 3.8) is 0 Å². The molecular formula is C14H24N2O2. The monoisotopic (exact) mass is 252 g/mol. The fourth-order valence-electron chi connectivity index (χ4n) is 3.10. The molecule has 4 nitrogen and oxygen atoms in total. The van der Waals surface area contributed by atoms with Crippen molar-refractivity contribution in [1.29, 1.82) is 0 Å². The first-order valence-electron chi connectivity index (χ1n) is 6.95.